The van der Waals surface area contributed by atoms with Crippen molar-refractivity contribution in [2.24, 2.45) is 0 Å². The molecule has 0 bridgehead atoms. The Kier molecular flexibility index (Phi) is 7.69. The third-order valence-electron chi connectivity index (χ3n) is 7.87. The molecule has 0 spiro atoms. The number of nitrogens with zero attached hydrogens (tertiary/aromatic N) is 4. The number of halogens is 1. The van der Waals surface area contributed by atoms with Gasteiger partial charge in [0.05, 0.1) is 29.3 Å². The topological polar surface area (TPSA) is 82.7 Å². The second-order valence-corrected chi connectivity index (χ2v) is 10.5. The van der Waals surface area contributed by atoms with Gasteiger partial charge in [-0.3, -0.25) is 4.40 Å². The first-order valence-corrected chi connectivity index (χ1v) is 14.2. The van der Waals surface area contributed by atoms with E-state index < -0.39 is 5.97 Å². The summed E-state index contributed by atoms with van der Waals surface area (Å²) < 4.78 is 29.6. The summed E-state index contributed by atoms with van der Waals surface area (Å²) in [4.78, 5) is 22.3. The van der Waals surface area contributed by atoms with Crippen LogP contribution in [0.3, 0.4) is 0 Å². The first-order valence-electron chi connectivity index (χ1n) is 14.2. The van der Waals surface area contributed by atoms with Gasteiger partial charge in [0, 0.05) is 38.1 Å². The molecule has 3 aromatic heterocycles. The van der Waals surface area contributed by atoms with Crippen molar-refractivity contribution in [2.45, 2.75) is 51.1 Å². The van der Waals surface area contributed by atoms with Crippen LogP contribution in [0.15, 0.2) is 60.8 Å². The number of pyridine rings is 1. The Morgan fingerprint density at radius 2 is 1.83 bits per heavy atom. The average molecular weight is 556 g/mol. The van der Waals surface area contributed by atoms with E-state index in [-0.39, 0.29) is 5.82 Å². The van der Waals surface area contributed by atoms with Crippen LogP contribution in [0.2, 0.25) is 0 Å². The minimum absolute atomic E-state index is 0.299. The molecule has 0 aliphatic heterocycles. The van der Waals surface area contributed by atoms with Crippen molar-refractivity contribution in [3.63, 3.8) is 0 Å². The Hall–Kier alpha value is -4.24. The third kappa shape index (κ3) is 5.17. The molecule has 1 aliphatic rings. The van der Waals surface area contributed by atoms with Gasteiger partial charge in [0.25, 0.3) is 0 Å². The lowest BCUT2D eigenvalue weighted by atomic mass is 9.95. The Labute approximate surface area is 238 Å². The van der Waals surface area contributed by atoms with Crippen molar-refractivity contribution in [3.8, 4) is 22.6 Å². The number of carbonyl (C=O) groups is 1. The maximum atomic E-state index is 15.2. The van der Waals surface area contributed by atoms with Gasteiger partial charge in [-0.15, -0.1) is 0 Å². The summed E-state index contributed by atoms with van der Waals surface area (Å²) in [5.74, 6) is 0.781. The number of aryl methyl sites for hydroxylation is 1. The predicted molar refractivity (Wildman–Crippen MR) is 158 cm³/mol. The number of nitrogens with one attached hydrogen (secondary N) is 1. The Morgan fingerprint density at radius 1 is 1.02 bits per heavy atom. The van der Waals surface area contributed by atoms with Crippen molar-refractivity contribution in [3.05, 3.63) is 72.2 Å². The summed E-state index contributed by atoms with van der Waals surface area (Å²) >= 11 is 0. The lowest BCUT2D eigenvalue weighted by Crippen LogP contribution is -2.23. The smallest absolute Gasteiger partial charge is 0.337 e. The Balaban J connectivity index is 1.55. The van der Waals surface area contributed by atoms with Crippen molar-refractivity contribution in [2.75, 3.05) is 26.1 Å². The van der Waals surface area contributed by atoms with Gasteiger partial charge in [0.2, 0.25) is 0 Å². The molecule has 1 N–H and O–H groups in total. The van der Waals surface area contributed by atoms with E-state index >= 15 is 4.39 Å². The summed E-state index contributed by atoms with van der Waals surface area (Å²) in [6.45, 7) is 1.26. The maximum absolute atomic E-state index is 15.2. The highest BCUT2D eigenvalue weighted by Gasteiger charge is 2.24. The molecule has 5 aromatic rings. The molecule has 1 fully saturated rings. The van der Waals surface area contributed by atoms with Crippen LogP contribution < -0.4 is 5.32 Å². The normalized spacial score (nSPS) is 14.1. The summed E-state index contributed by atoms with van der Waals surface area (Å²) in [5, 5.41) is 3.72. The molecule has 0 saturated heterocycles. The van der Waals surface area contributed by atoms with Crippen molar-refractivity contribution in [1.29, 1.82) is 0 Å². The number of hydrogen-bond donors (Lipinski definition) is 1. The Morgan fingerprint density at radius 3 is 2.61 bits per heavy atom. The first-order chi connectivity index (χ1) is 20.1. The molecule has 6 rings (SSSR count). The van der Waals surface area contributed by atoms with E-state index in [1.54, 1.807) is 31.4 Å². The predicted octanol–water partition coefficient (Wildman–Crippen LogP) is 6.72. The number of esters is 1. The van der Waals surface area contributed by atoms with E-state index in [1.807, 2.05) is 34.9 Å². The standard InChI is InChI=1S/C32H34FN5O3/c1-40-19-9-18-37-27-16-15-21(32(39)41-2)20-26(27)35-29(37)24-13-8-17-38-30(24)36-28(23-12-6-7-14-25(23)33)31(38)34-22-10-4-3-5-11-22/h6-8,12-17,20,22,34H,3-5,9-11,18-19H2,1-2H3. The molecule has 3 heterocycles. The zero-order valence-corrected chi connectivity index (χ0v) is 23.4. The van der Waals surface area contributed by atoms with E-state index in [0.29, 0.717) is 47.2 Å². The van der Waals surface area contributed by atoms with Gasteiger partial charge in [0.15, 0.2) is 0 Å². The van der Waals surface area contributed by atoms with Crippen LogP contribution in [0, 0.1) is 5.82 Å². The number of fused-ring (bicyclic) bond motifs is 2. The van der Waals surface area contributed by atoms with Gasteiger partial charge in [-0.05, 0) is 61.7 Å². The van der Waals surface area contributed by atoms with Crippen LogP contribution in [-0.4, -0.2) is 51.8 Å². The molecule has 8 nitrogen and oxygen atoms in total. The molecule has 0 atom stereocenters. The van der Waals surface area contributed by atoms with Gasteiger partial charge < -0.3 is 19.4 Å². The molecule has 9 heteroatoms. The molecule has 1 aliphatic carbocycles. The number of ether oxygens (including phenoxy) is 2. The van der Waals surface area contributed by atoms with E-state index in [1.165, 1.54) is 32.4 Å². The summed E-state index contributed by atoms with van der Waals surface area (Å²) in [7, 11) is 3.05. The first kappa shape index (κ1) is 27.0. The third-order valence-corrected chi connectivity index (χ3v) is 7.87. The van der Waals surface area contributed by atoms with Gasteiger partial charge in [-0.1, -0.05) is 31.4 Å². The second-order valence-electron chi connectivity index (χ2n) is 10.5. The van der Waals surface area contributed by atoms with Gasteiger partial charge >= 0.3 is 5.97 Å². The fraction of sp³-hybridized carbons (Fsp3) is 0.344. The van der Waals surface area contributed by atoms with Crippen LogP contribution in [0.5, 0.6) is 0 Å². The molecular formula is C32H34FN5O3. The maximum Gasteiger partial charge on any atom is 0.337 e. The highest BCUT2D eigenvalue weighted by Crippen LogP contribution is 2.37. The number of hydrogen-bond acceptors (Lipinski definition) is 6. The zero-order valence-electron chi connectivity index (χ0n) is 23.4. The molecular weight excluding hydrogens is 521 g/mol. The molecule has 0 amide bonds. The SMILES string of the molecule is COCCCn1c(-c2cccn3c(NC4CCCCC4)c(-c4ccccc4F)nc23)nc2cc(C(=O)OC)ccc21. The van der Waals surface area contributed by atoms with Crippen LogP contribution >= 0.6 is 0 Å². The second kappa shape index (κ2) is 11.7. The number of carbonyl (C=O) groups excluding carboxylic acids is 1. The van der Waals surface area contributed by atoms with E-state index in [9.17, 15) is 4.79 Å². The van der Waals surface area contributed by atoms with E-state index in [4.69, 9.17) is 19.4 Å². The fourth-order valence-corrected chi connectivity index (χ4v) is 5.84. The minimum atomic E-state index is -0.411. The summed E-state index contributed by atoms with van der Waals surface area (Å²) in [5.41, 5.74) is 4.55. The highest BCUT2D eigenvalue weighted by atomic mass is 19.1. The van der Waals surface area contributed by atoms with Gasteiger partial charge in [-0.2, -0.15) is 0 Å². The molecule has 2 aromatic carbocycles. The zero-order chi connectivity index (χ0) is 28.3. The Bertz CT molecular complexity index is 1700. The minimum Gasteiger partial charge on any atom is -0.465 e. The quantitative estimate of drug-likeness (QED) is 0.161. The number of methoxy groups -OCH3 is 2. The van der Waals surface area contributed by atoms with Crippen LogP contribution in [-0.2, 0) is 16.0 Å². The largest absolute Gasteiger partial charge is 0.465 e. The lowest BCUT2D eigenvalue weighted by molar-refractivity contribution is 0.0601. The molecule has 0 unspecified atom stereocenters. The average Bonchev–Trinajstić information content (AvgIpc) is 3.55. The lowest BCUT2D eigenvalue weighted by Gasteiger charge is -2.24. The van der Waals surface area contributed by atoms with Crippen molar-refractivity contribution in [1.82, 2.24) is 18.9 Å². The molecule has 212 valence electrons. The van der Waals surface area contributed by atoms with Gasteiger partial charge in [-0.25, -0.2) is 19.2 Å². The fourth-order valence-electron chi connectivity index (χ4n) is 5.84. The number of aromatic nitrogens is 4. The van der Waals surface area contributed by atoms with Crippen LogP contribution in [0.25, 0.3) is 39.3 Å². The molecule has 41 heavy (non-hydrogen) atoms. The molecule has 1 saturated carbocycles. The number of rotatable bonds is 9. The summed E-state index contributed by atoms with van der Waals surface area (Å²) in [6.07, 6.45) is 8.48. The monoisotopic (exact) mass is 555 g/mol. The van der Waals surface area contributed by atoms with Crippen LogP contribution in [0.1, 0.15) is 48.9 Å². The van der Waals surface area contributed by atoms with E-state index in [2.05, 4.69) is 9.88 Å². The van der Waals surface area contributed by atoms with Crippen molar-refractivity contribution < 1.29 is 18.7 Å². The highest BCUT2D eigenvalue weighted by molar-refractivity contribution is 5.95. The number of benzene rings is 2. The molecule has 0 radical (unpaired) electrons. The van der Waals surface area contributed by atoms with Gasteiger partial charge in [0.1, 0.15) is 28.8 Å². The summed E-state index contributed by atoms with van der Waals surface area (Å²) in [6, 6.07) is 16.4. The van der Waals surface area contributed by atoms with E-state index in [0.717, 1.165) is 42.0 Å². The number of imidazole rings is 2. The van der Waals surface area contributed by atoms with Crippen LogP contribution in [0.4, 0.5) is 10.2 Å². The van der Waals surface area contributed by atoms with Crippen molar-refractivity contribution >= 4 is 28.5 Å². The number of anilines is 1.